The average Bonchev–Trinajstić information content (AvgIpc) is 2.83. The summed E-state index contributed by atoms with van der Waals surface area (Å²) in [5.74, 6) is -0.594. The summed E-state index contributed by atoms with van der Waals surface area (Å²) >= 11 is 0. The zero-order valence-electron chi connectivity index (χ0n) is 13.7. The molecule has 0 aromatic heterocycles. The van der Waals surface area contributed by atoms with Crippen LogP contribution in [0.4, 0.5) is 0 Å². The summed E-state index contributed by atoms with van der Waals surface area (Å²) in [7, 11) is -3.06. The van der Waals surface area contributed by atoms with Crippen molar-refractivity contribution in [2.75, 3.05) is 24.7 Å². The van der Waals surface area contributed by atoms with Crippen molar-refractivity contribution < 1.29 is 27.5 Å². The molecular weight excluding hydrogens is 334 g/mol. The first-order valence-corrected chi connectivity index (χ1v) is 9.43. The van der Waals surface area contributed by atoms with Gasteiger partial charge in [-0.15, -0.1) is 0 Å². The van der Waals surface area contributed by atoms with E-state index in [4.69, 9.17) is 9.47 Å². The highest BCUT2D eigenvalue weighted by Gasteiger charge is 2.29. The van der Waals surface area contributed by atoms with Crippen LogP contribution in [0.2, 0.25) is 0 Å². The van der Waals surface area contributed by atoms with Crippen molar-refractivity contribution in [1.29, 1.82) is 0 Å². The van der Waals surface area contributed by atoms with Crippen molar-refractivity contribution in [3.8, 4) is 5.75 Å². The first-order chi connectivity index (χ1) is 11.2. The Kier molecular flexibility index (Phi) is 5.82. The normalized spacial score (nSPS) is 18.8. The van der Waals surface area contributed by atoms with Crippen molar-refractivity contribution in [1.82, 2.24) is 5.32 Å². The molecule has 8 heteroatoms. The van der Waals surface area contributed by atoms with Crippen LogP contribution in [0.5, 0.6) is 5.75 Å². The van der Waals surface area contributed by atoms with Gasteiger partial charge in [0.05, 0.1) is 11.5 Å². The molecular formula is C16H21NO6S. The number of aryl methyl sites for hydroxylation is 2. The molecule has 0 unspecified atom stereocenters. The van der Waals surface area contributed by atoms with Crippen LogP contribution in [-0.2, 0) is 24.2 Å². The van der Waals surface area contributed by atoms with E-state index >= 15 is 0 Å². The van der Waals surface area contributed by atoms with Gasteiger partial charge in [-0.3, -0.25) is 4.79 Å². The topological polar surface area (TPSA) is 98.8 Å². The Hall–Kier alpha value is -2.09. The van der Waals surface area contributed by atoms with E-state index in [2.05, 4.69) is 5.32 Å². The zero-order chi connectivity index (χ0) is 17.7. The second kappa shape index (κ2) is 7.65. The highest BCUT2D eigenvalue weighted by Crippen LogP contribution is 2.18. The lowest BCUT2D eigenvalue weighted by molar-refractivity contribution is -0.150. The minimum absolute atomic E-state index is 0.0670. The van der Waals surface area contributed by atoms with E-state index in [1.54, 1.807) is 6.07 Å². The van der Waals surface area contributed by atoms with Crippen molar-refractivity contribution in [3.63, 3.8) is 0 Å². The number of ether oxygens (including phenoxy) is 2. The largest absolute Gasteiger partial charge is 0.482 e. The van der Waals surface area contributed by atoms with E-state index in [0.717, 1.165) is 11.1 Å². The lowest BCUT2D eigenvalue weighted by atomic mass is 10.1. The smallest absolute Gasteiger partial charge is 0.344 e. The third-order valence-corrected chi connectivity index (χ3v) is 5.41. The van der Waals surface area contributed by atoms with E-state index in [-0.39, 0.29) is 18.1 Å². The fourth-order valence-electron chi connectivity index (χ4n) is 2.46. The third-order valence-electron chi connectivity index (χ3n) is 3.64. The summed E-state index contributed by atoms with van der Waals surface area (Å²) in [5, 5.41) is 2.54. The quantitative estimate of drug-likeness (QED) is 0.748. The number of hydrogen-bond donors (Lipinski definition) is 1. The molecule has 2 rings (SSSR count). The Morgan fingerprint density at radius 2 is 2.00 bits per heavy atom. The number of carbonyl (C=O) groups excluding carboxylic acids is 2. The van der Waals surface area contributed by atoms with Gasteiger partial charge >= 0.3 is 5.97 Å². The van der Waals surface area contributed by atoms with Crippen LogP contribution in [0.1, 0.15) is 17.5 Å². The summed E-state index contributed by atoms with van der Waals surface area (Å²) in [6, 6.07) is 5.17. The van der Waals surface area contributed by atoms with E-state index < -0.39 is 34.4 Å². The van der Waals surface area contributed by atoms with Gasteiger partial charge in [-0.2, -0.15) is 0 Å². The molecule has 24 heavy (non-hydrogen) atoms. The van der Waals surface area contributed by atoms with Gasteiger partial charge in [-0.05, 0) is 31.9 Å². The van der Waals surface area contributed by atoms with Crippen molar-refractivity contribution in [3.05, 3.63) is 29.3 Å². The van der Waals surface area contributed by atoms with Crippen LogP contribution in [-0.4, -0.2) is 51.1 Å². The lowest BCUT2D eigenvalue weighted by Crippen LogP contribution is -2.38. The summed E-state index contributed by atoms with van der Waals surface area (Å²) in [5.41, 5.74) is 2.00. The van der Waals surface area contributed by atoms with Gasteiger partial charge in [0.25, 0.3) is 5.91 Å². The maximum atomic E-state index is 11.7. The summed E-state index contributed by atoms with van der Waals surface area (Å²) in [4.78, 5) is 23.3. The standard InChI is InChI=1S/C16H21NO6S/c1-11-3-4-14(12(2)7-11)22-9-16(19)23-8-15(18)17-13-5-6-24(20,21)10-13/h3-4,7,13H,5-6,8-10H2,1-2H3,(H,17,18)/t13-/m0/s1. The molecule has 132 valence electrons. The van der Waals surface area contributed by atoms with Crippen LogP contribution in [0.15, 0.2) is 18.2 Å². The molecule has 1 heterocycles. The van der Waals surface area contributed by atoms with Gasteiger partial charge in [0.15, 0.2) is 23.1 Å². The van der Waals surface area contributed by atoms with Gasteiger partial charge in [0.1, 0.15) is 5.75 Å². The van der Waals surface area contributed by atoms with Gasteiger partial charge in [0.2, 0.25) is 0 Å². The van der Waals surface area contributed by atoms with Crippen LogP contribution in [0.25, 0.3) is 0 Å². The Morgan fingerprint density at radius 1 is 1.25 bits per heavy atom. The lowest BCUT2D eigenvalue weighted by Gasteiger charge is -2.12. The number of nitrogens with one attached hydrogen (secondary N) is 1. The number of esters is 1. The second-order valence-corrected chi connectivity index (χ2v) is 8.11. The van der Waals surface area contributed by atoms with Gasteiger partial charge in [-0.25, -0.2) is 13.2 Å². The molecule has 1 fully saturated rings. The maximum absolute atomic E-state index is 11.7. The van der Waals surface area contributed by atoms with Gasteiger partial charge in [-0.1, -0.05) is 17.7 Å². The molecule has 0 bridgehead atoms. The monoisotopic (exact) mass is 355 g/mol. The zero-order valence-corrected chi connectivity index (χ0v) is 14.5. The molecule has 1 aliphatic heterocycles. The average molecular weight is 355 g/mol. The molecule has 1 atom stereocenters. The Labute approximate surface area is 141 Å². The predicted octanol–water partition coefficient (Wildman–Crippen LogP) is 0.529. The Morgan fingerprint density at radius 3 is 2.62 bits per heavy atom. The summed E-state index contributed by atoms with van der Waals surface area (Å²) in [6.45, 7) is 3.08. The van der Waals surface area contributed by atoms with Crippen LogP contribution >= 0.6 is 0 Å². The van der Waals surface area contributed by atoms with Crippen LogP contribution in [0, 0.1) is 13.8 Å². The van der Waals surface area contributed by atoms with E-state index in [9.17, 15) is 18.0 Å². The van der Waals surface area contributed by atoms with Crippen molar-refractivity contribution in [2.24, 2.45) is 0 Å². The fraction of sp³-hybridized carbons (Fsp3) is 0.500. The molecule has 7 nitrogen and oxygen atoms in total. The number of benzene rings is 1. The van der Waals surface area contributed by atoms with Crippen molar-refractivity contribution >= 4 is 21.7 Å². The predicted molar refractivity (Wildman–Crippen MR) is 87.6 cm³/mol. The first kappa shape index (κ1) is 18.3. The van der Waals surface area contributed by atoms with E-state index in [1.165, 1.54) is 0 Å². The minimum Gasteiger partial charge on any atom is -0.482 e. The van der Waals surface area contributed by atoms with Crippen molar-refractivity contribution in [2.45, 2.75) is 26.3 Å². The number of hydrogen-bond acceptors (Lipinski definition) is 6. The molecule has 0 radical (unpaired) electrons. The molecule has 1 amide bonds. The van der Waals surface area contributed by atoms with Gasteiger partial charge in [0, 0.05) is 6.04 Å². The fourth-order valence-corrected chi connectivity index (χ4v) is 4.14. The number of amides is 1. The summed E-state index contributed by atoms with van der Waals surface area (Å²) in [6.07, 6.45) is 0.387. The van der Waals surface area contributed by atoms with Gasteiger partial charge < -0.3 is 14.8 Å². The Bertz CT molecular complexity index is 728. The Balaban J connectivity index is 1.70. The number of carbonyl (C=O) groups is 2. The molecule has 1 aliphatic rings. The molecule has 1 N–H and O–H groups in total. The van der Waals surface area contributed by atoms with E-state index in [1.807, 2.05) is 26.0 Å². The summed E-state index contributed by atoms with van der Waals surface area (Å²) < 4.78 is 32.8. The number of rotatable bonds is 6. The molecule has 0 aliphatic carbocycles. The number of sulfone groups is 1. The second-order valence-electron chi connectivity index (χ2n) is 5.89. The van der Waals surface area contributed by atoms with Crippen LogP contribution < -0.4 is 10.1 Å². The molecule has 1 aromatic rings. The highest BCUT2D eigenvalue weighted by molar-refractivity contribution is 7.91. The van der Waals surface area contributed by atoms with Crippen LogP contribution in [0.3, 0.4) is 0 Å². The molecule has 0 spiro atoms. The maximum Gasteiger partial charge on any atom is 0.344 e. The minimum atomic E-state index is -3.06. The molecule has 1 saturated heterocycles. The molecule has 0 saturated carbocycles. The first-order valence-electron chi connectivity index (χ1n) is 7.60. The molecule has 1 aromatic carbocycles. The van der Waals surface area contributed by atoms with E-state index in [0.29, 0.717) is 12.2 Å². The SMILES string of the molecule is Cc1ccc(OCC(=O)OCC(=O)N[C@H]2CCS(=O)(=O)C2)c(C)c1. The third kappa shape index (κ3) is 5.52. The highest BCUT2D eigenvalue weighted by atomic mass is 32.2.